The molecule has 21 heavy (non-hydrogen) atoms. The van der Waals surface area contributed by atoms with Gasteiger partial charge in [0.1, 0.15) is 17.4 Å². The lowest BCUT2D eigenvalue weighted by Crippen LogP contribution is -2.04. The van der Waals surface area contributed by atoms with Crippen LogP contribution in [0.1, 0.15) is 35.9 Å². The van der Waals surface area contributed by atoms with Crippen LogP contribution in [0.5, 0.6) is 11.6 Å². The first-order valence-corrected chi connectivity index (χ1v) is 7.35. The Bertz CT molecular complexity index is 638. The normalized spacial score (nSPS) is 10.5. The molecule has 4 heteroatoms. The summed E-state index contributed by atoms with van der Waals surface area (Å²) in [5, 5.41) is 3.27. The van der Waals surface area contributed by atoms with Crippen LogP contribution < -0.4 is 10.1 Å². The summed E-state index contributed by atoms with van der Waals surface area (Å²) < 4.78 is 5.98. The molecule has 1 N–H and O–H groups in total. The van der Waals surface area contributed by atoms with E-state index in [0.29, 0.717) is 11.7 Å². The minimum atomic E-state index is 0.578. The summed E-state index contributed by atoms with van der Waals surface area (Å²) >= 11 is 0. The smallest absolute Gasteiger partial charge is 0.224 e. The Morgan fingerprint density at radius 2 is 1.81 bits per heavy atom. The van der Waals surface area contributed by atoms with Gasteiger partial charge in [-0.2, -0.15) is 4.98 Å². The molecule has 0 aliphatic carbocycles. The molecule has 0 atom stereocenters. The fourth-order valence-corrected chi connectivity index (χ4v) is 2.16. The molecule has 0 bridgehead atoms. The minimum Gasteiger partial charge on any atom is -0.439 e. The Morgan fingerprint density at radius 1 is 1.05 bits per heavy atom. The number of ether oxygens (including phenoxy) is 1. The first-order chi connectivity index (χ1) is 9.99. The van der Waals surface area contributed by atoms with E-state index < -0.39 is 0 Å². The molecule has 1 heterocycles. The number of nitrogens with zero attached hydrogens (tertiary/aromatic N) is 2. The summed E-state index contributed by atoms with van der Waals surface area (Å²) in [6.45, 7) is 11.1. The number of aromatic nitrogens is 2. The molecule has 4 nitrogen and oxygen atoms in total. The average molecular weight is 285 g/mol. The molecule has 0 aliphatic rings. The fourth-order valence-electron chi connectivity index (χ4n) is 2.16. The lowest BCUT2D eigenvalue weighted by atomic mass is 10.1. The third kappa shape index (κ3) is 3.94. The maximum absolute atomic E-state index is 5.98. The Morgan fingerprint density at radius 3 is 2.52 bits per heavy atom. The molecule has 0 saturated carbocycles. The zero-order valence-electron chi connectivity index (χ0n) is 13.4. The van der Waals surface area contributed by atoms with Crippen LogP contribution in [0, 0.1) is 27.7 Å². The topological polar surface area (TPSA) is 47.0 Å². The van der Waals surface area contributed by atoms with Crippen molar-refractivity contribution in [3.05, 3.63) is 40.7 Å². The second-order valence-corrected chi connectivity index (χ2v) is 5.37. The zero-order valence-corrected chi connectivity index (χ0v) is 13.4. The molecule has 112 valence electrons. The van der Waals surface area contributed by atoms with E-state index in [1.165, 1.54) is 11.1 Å². The SMILES string of the molecule is CCCNc1cc(Oc2cc(C)cc(C)c2C)nc(C)n1. The Hall–Kier alpha value is -2.10. The number of aryl methyl sites for hydroxylation is 3. The average Bonchev–Trinajstić information content (AvgIpc) is 2.41. The van der Waals surface area contributed by atoms with Crippen LogP contribution in [-0.2, 0) is 0 Å². The zero-order chi connectivity index (χ0) is 15.4. The number of benzene rings is 1. The molecule has 0 aliphatic heterocycles. The first kappa shape index (κ1) is 15.3. The van der Waals surface area contributed by atoms with E-state index in [1.807, 2.05) is 19.1 Å². The second-order valence-electron chi connectivity index (χ2n) is 5.37. The van der Waals surface area contributed by atoms with Crippen LogP contribution in [0.3, 0.4) is 0 Å². The molecule has 0 amide bonds. The number of hydrogen-bond donors (Lipinski definition) is 1. The van der Waals surface area contributed by atoms with Crippen molar-refractivity contribution in [1.29, 1.82) is 0 Å². The van der Waals surface area contributed by atoms with Crippen molar-refractivity contribution in [2.45, 2.75) is 41.0 Å². The van der Waals surface area contributed by atoms with Gasteiger partial charge in [-0.3, -0.25) is 0 Å². The number of rotatable bonds is 5. The van der Waals surface area contributed by atoms with Crippen LogP contribution >= 0.6 is 0 Å². The summed E-state index contributed by atoms with van der Waals surface area (Å²) in [5.41, 5.74) is 3.54. The third-order valence-electron chi connectivity index (χ3n) is 3.35. The summed E-state index contributed by atoms with van der Waals surface area (Å²) in [7, 11) is 0. The van der Waals surface area contributed by atoms with Crippen molar-refractivity contribution in [1.82, 2.24) is 9.97 Å². The van der Waals surface area contributed by atoms with Gasteiger partial charge in [0, 0.05) is 12.6 Å². The van der Waals surface area contributed by atoms with E-state index in [1.54, 1.807) is 0 Å². The summed E-state index contributed by atoms with van der Waals surface area (Å²) in [6, 6.07) is 6.04. The predicted molar refractivity (Wildman–Crippen MR) is 86.3 cm³/mol. The van der Waals surface area contributed by atoms with Gasteiger partial charge >= 0.3 is 0 Å². The predicted octanol–water partition coefficient (Wildman–Crippen LogP) is 4.32. The van der Waals surface area contributed by atoms with Gasteiger partial charge in [-0.1, -0.05) is 13.0 Å². The van der Waals surface area contributed by atoms with Gasteiger partial charge in [-0.25, -0.2) is 4.98 Å². The molecular weight excluding hydrogens is 262 g/mol. The van der Waals surface area contributed by atoms with Gasteiger partial charge in [0.15, 0.2) is 0 Å². The monoisotopic (exact) mass is 285 g/mol. The molecular formula is C17H23N3O. The van der Waals surface area contributed by atoms with Crippen LogP contribution in [-0.4, -0.2) is 16.5 Å². The van der Waals surface area contributed by atoms with Gasteiger partial charge in [0.05, 0.1) is 0 Å². The molecule has 1 aromatic heterocycles. The highest BCUT2D eigenvalue weighted by Gasteiger charge is 2.08. The van der Waals surface area contributed by atoms with Crippen LogP contribution in [0.15, 0.2) is 18.2 Å². The largest absolute Gasteiger partial charge is 0.439 e. The van der Waals surface area contributed by atoms with Gasteiger partial charge < -0.3 is 10.1 Å². The molecule has 1 aromatic carbocycles. The van der Waals surface area contributed by atoms with Gasteiger partial charge in [0.2, 0.25) is 5.88 Å². The maximum atomic E-state index is 5.98. The van der Waals surface area contributed by atoms with E-state index in [2.05, 4.69) is 49.0 Å². The van der Waals surface area contributed by atoms with E-state index in [0.717, 1.165) is 30.1 Å². The summed E-state index contributed by atoms with van der Waals surface area (Å²) in [4.78, 5) is 8.73. The number of nitrogens with one attached hydrogen (secondary N) is 1. The molecule has 2 aromatic rings. The lowest BCUT2D eigenvalue weighted by Gasteiger charge is -2.13. The Labute approximate surface area is 126 Å². The molecule has 0 fully saturated rings. The van der Waals surface area contributed by atoms with E-state index >= 15 is 0 Å². The maximum Gasteiger partial charge on any atom is 0.224 e. The van der Waals surface area contributed by atoms with Crippen molar-refractivity contribution < 1.29 is 4.74 Å². The molecule has 0 spiro atoms. The fraction of sp³-hybridized carbons (Fsp3) is 0.412. The number of hydrogen-bond acceptors (Lipinski definition) is 4. The van der Waals surface area contributed by atoms with Crippen LogP contribution in [0.25, 0.3) is 0 Å². The number of anilines is 1. The van der Waals surface area contributed by atoms with Gasteiger partial charge in [-0.05, 0) is 56.9 Å². The molecule has 0 unspecified atom stereocenters. The van der Waals surface area contributed by atoms with Crippen molar-refractivity contribution in [3.8, 4) is 11.6 Å². The van der Waals surface area contributed by atoms with Gasteiger partial charge in [0.25, 0.3) is 0 Å². The van der Waals surface area contributed by atoms with Gasteiger partial charge in [-0.15, -0.1) is 0 Å². The summed E-state index contributed by atoms with van der Waals surface area (Å²) in [6.07, 6.45) is 1.05. The quantitative estimate of drug-likeness (QED) is 0.888. The minimum absolute atomic E-state index is 0.578. The van der Waals surface area contributed by atoms with Crippen LogP contribution in [0.2, 0.25) is 0 Å². The van der Waals surface area contributed by atoms with Crippen molar-refractivity contribution >= 4 is 5.82 Å². The van der Waals surface area contributed by atoms with Crippen molar-refractivity contribution in [2.75, 3.05) is 11.9 Å². The molecule has 2 rings (SSSR count). The highest BCUT2D eigenvalue weighted by molar-refractivity contribution is 5.45. The standard InChI is InChI=1S/C17H23N3O/c1-6-7-18-16-10-17(20-14(5)19-16)21-15-9-11(2)8-12(3)13(15)4/h8-10H,6-7H2,1-5H3,(H,18,19,20). The molecule has 0 radical (unpaired) electrons. The van der Waals surface area contributed by atoms with E-state index in [4.69, 9.17) is 4.74 Å². The van der Waals surface area contributed by atoms with Crippen molar-refractivity contribution in [3.63, 3.8) is 0 Å². The molecule has 0 saturated heterocycles. The highest BCUT2D eigenvalue weighted by atomic mass is 16.5. The third-order valence-corrected chi connectivity index (χ3v) is 3.35. The highest BCUT2D eigenvalue weighted by Crippen LogP contribution is 2.28. The van der Waals surface area contributed by atoms with E-state index in [-0.39, 0.29) is 0 Å². The van der Waals surface area contributed by atoms with E-state index in [9.17, 15) is 0 Å². The summed E-state index contributed by atoms with van der Waals surface area (Å²) in [5.74, 6) is 2.94. The van der Waals surface area contributed by atoms with Crippen molar-refractivity contribution in [2.24, 2.45) is 0 Å². The Kier molecular flexibility index (Phi) is 4.78. The van der Waals surface area contributed by atoms with Crippen LogP contribution in [0.4, 0.5) is 5.82 Å². The lowest BCUT2D eigenvalue weighted by molar-refractivity contribution is 0.456. The second kappa shape index (κ2) is 6.57. The first-order valence-electron chi connectivity index (χ1n) is 7.35. The Balaban J connectivity index is 2.29.